The van der Waals surface area contributed by atoms with Crippen molar-refractivity contribution < 1.29 is 0 Å². The van der Waals surface area contributed by atoms with Crippen LogP contribution in [0, 0.1) is 0 Å². The highest BCUT2D eigenvalue weighted by Crippen LogP contribution is 2.20. The van der Waals surface area contributed by atoms with E-state index >= 15 is 0 Å². The maximum atomic E-state index is 6.00. The Hall–Kier alpha value is -0.570. The first kappa shape index (κ1) is 11.9. The van der Waals surface area contributed by atoms with Gasteiger partial charge in [-0.3, -0.25) is 4.90 Å². The van der Waals surface area contributed by atoms with Crippen LogP contribution in [0.1, 0.15) is 18.4 Å². The molecule has 0 radical (unpaired) electrons. The molecular formula is C13H19ClN2. The molecule has 1 unspecified atom stereocenters. The Labute approximate surface area is 103 Å². The highest BCUT2D eigenvalue weighted by Gasteiger charge is 2.23. The van der Waals surface area contributed by atoms with Crippen molar-refractivity contribution in [1.29, 1.82) is 0 Å². The minimum atomic E-state index is 0.684. The standard InChI is InChI=1S/C13H19ClN2/c1-15-9-13-6-3-7-16(13)10-11-4-2-5-12(14)8-11/h2,4-5,8,13,15H,3,6-7,9-10H2,1H3. The van der Waals surface area contributed by atoms with Crippen molar-refractivity contribution in [1.82, 2.24) is 10.2 Å². The zero-order valence-electron chi connectivity index (χ0n) is 9.75. The third-order valence-corrected chi connectivity index (χ3v) is 3.45. The lowest BCUT2D eigenvalue weighted by atomic mass is 10.2. The van der Waals surface area contributed by atoms with Crippen molar-refractivity contribution in [2.75, 3.05) is 20.1 Å². The van der Waals surface area contributed by atoms with Gasteiger partial charge >= 0.3 is 0 Å². The SMILES string of the molecule is CNCC1CCCN1Cc1cccc(Cl)c1. The number of nitrogens with zero attached hydrogens (tertiary/aromatic N) is 1. The number of benzene rings is 1. The second-order valence-corrected chi connectivity index (χ2v) is 4.89. The van der Waals surface area contributed by atoms with Crippen LogP contribution in [-0.4, -0.2) is 31.1 Å². The molecule has 1 saturated heterocycles. The fourth-order valence-corrected chi connectivity index (χ4v) is 2.65. The van der Waals surface area contributed by atoms with Gasteiger partial charge < -0.3 is 5.32 Å². The summed E-state index contributed by atoms with van der Waals surface area (Å²) >= 11 is 6.00. The van der Waals surface area contributed by atoms with Gasteiger partial charge in [0.1, 0.15) is 0 Å². The molecule has 2 rings (SSSR count). The summed E-state index contributed by atoms with van der Waals surface area (Å²) in [5.41, 5.74) is 1.32. The van der Waals surface area contributed by atoms with Crippen molar-refractivity contribution >= 4 is 11.6 Å². The molecule has 0 bridgehead atoms. The lowest BCUT2D eigenvalue weighted by Crippen LogP contribution is -2.36. The first-order valence-corrected chi connectivity index (χ1v) is 6.30. The molecule has 0 spiro atoms. The van der Waals surface area contributed by atoms with Gasteiger partial charge in [0, 0.05) is 24.2 Å². The fraction of sp³-hybridized carbons (Fsp3) is 0.538. The molecule has 0 saturated carbocycles. The van der Waals surface area contributed by atoms with Crippen molar-refractivity contribution in [2.24, 2.45) is 0 Å². The summed E-state index contributed by atoms with van der Waals surface area (Å²) in [6.45, 7) is 3.31. The summed E-state index contributed by atoms with van der Waals surface area (Å²) in [6, 6.07) is 8.86. The van der Waals surface area contributed by atoms with Gasteiger partial charge in [-0.2, -0.15) is 0 Å². The molecule has 1 aliphatic rings. The minimum absolute atomic E-state index is 0.684. The van der Waals surface area contributed by atoms with E-state index in [1.165, 1.54) is 24.9 Å². The molecule has 1 aliphatic heterocycles. The van der Waals surface area contributed by atoms with E-state index in [0.717, 1.165) is 18.1 Å². The Bertz CT molecular complexity index is 340. The molecule has 3 heteroatoms. The maximum Gasteiger partial charge on any atom is 0.0409 e. The summed E-state index contributed by atoms with van der Waals surface area (Å²) in [5, 5.41) is 4.10. The number of rotatable bonds is 4. The topological polar surface area (TPSA) is 15.3 Å². The summed E-state index contributed by atoms with van der Waals surface area (Å²) in [6.07, 6.45) is 2.62. The number of likely N-dealkylation sites (tertiary alicyclic amines) is 1. The van der Waals surface area contributed by atoms with Crippen LogP contribution in [-0.2, 0) is 6.54 Å². The third kappa shape index (κ3) is 2.97. The van der Waals surface area contributed by atoms with E-state index in [2.05, 4.69) is 22.3 Å². The number of halogens is 1. The van der Waals surface area contributed by atoms with Crippen LogP contribution in [0.3, 0.4) is 0 Å². The van der Waals surface area contributed by atoms with Crippen molar-refractivity contribution in [3.05, 3.63) is 34.9 Å². The molecule has 16 heavy (non-hydrogen) atoms. The predicted octanol–water partition coefficient (Wildman–Crippen LogP) is 2.52. The van der Waals surface area contributed by atoms with Crippen LogP contribution in [0.15, 0.2) is 24.3 Å². The zero-order chi connectivity index (χ0) is 11.4. The van der Waals surface area contributed by atoms with Crippen molar-refractivity contribution in [3.8, 4) is 0 Å². The first-order valence-electron chi connectivity index (χ1n) is 5.92. The molecule has 88 valence electrons. The molecule has 1 atom stereocenters. The van der Waals surface area contributed by atoms with E-state index in [4.69, 9.17) is 11.6 Å². The van der Waals surface area contributed by atoms with E-state index in [-0.39, 0.29) is 0 Å². The predicted molar refractivity (Wildman–Crippen MR) is 68.8 cm³/mol. The number of hydrogen-bond donors (Lipinski definition) is 1. The minimum Gasteiger partial charge on any atom is -0.318 e. The Morgan fingerprint density at radius 1 is 1.50 bits per heavy atom. The number of likely N-dealkylation sites (N-methyl/N-ethyl adjacent to an activating group) is 1. The molecule has 1 heterocycles. The molecule has 1 aromatic rings. The van der Waals surface area contributed by atoms with Gasteiger partial charge in [-0.1, -0.05) is 23.7 Å². The average molecular weight is 239 g/mol. The van der Waals surface area contributed by atoms with Crippen LogP contribution < -0.4 is 5.32 Å². The quantitative estimate of drug-likeness (QED) is 0.867. The Morgan fingerprint density at radius 2 is 2.38 bits per heavy atom. The van der Waals surface area contributed by atoms with Gasteiger partial charge in [0.05, 0.1) is 0 Å². The van der Waals surface area contributed by atoms with Crippen molar-refractivity contribution in [2.45, 2.75) is 25.4 Å². The van der Waals surface area contributed by atoms with Crippen LogP contribution in [0.25, 0.3) is 0 Å². The summed E-state index contributed by atoms with van der Waals surface area (Å²) < 4.78 is 0. The van der Waals surface area contributed by atoms with E-state index in [0.29, 0.717) is 6.04 Å². The van der Waals surface area contributed by atoms with E-state index in [1.54, 1.807) is 0 Å². The monoisotopic (exact) mass is 238 g/mol. The van der Waals surface area contributed by atoms with Gasteiger partial charge in [-0.05, 0) is 44.1 Å². The smallest absolute Gasteiger partial charge is 0.0409 e. The second-order valence-electron chi connectivity index (χ2n) is 4.45. The second kappa shape index (κ2) is 5.67. The van der Waals surface area contributed by atoms with E-state index in [1.807, 2.05) is 19.2 Å². The summed E-state index contributed by atoms with van der Waals surface area (Å²) in [5.74, 6) is 0. The molecule has 1 aromatic carbocycles. The molecule has 0 aromatic heterocycles. The lowest BCUT2D eigenvalue weighted by Gasteiger charge is -2.24. The van der Waals surface area contributed by atoms with Crippen LogP contribution in [0.4, 0.5) is 0 Å². The molecular weight excluding hydrogens is 220 g/mol. The summed E-state index contributed by atoms with van der Waals surface area (Å²) in [4.78, 5) is 2.54. The first-order chi connectivity index (χ1) is 7.79. The Balaban J connectivity index is 1.98. The van der Waals surface area contributed by atoms with Crippen LogP contribution >= 0.6 is 11.6 Å². The Kier molecular flexibility index (Phi) is 4.22. The van der Waals surface area contributed by atoms with Gasteiger partial charge in [0.2, 0.25) is 0 Å². The molecule has 0 aliphatic carbocycles. The van der Waals surface area contributed by atoms with Gasteiger partial charge in [0.25, 0.3) is 0 Å². The molecule has 1 fully saturated rings. The average Bonchev–Trinajstić information content (AvgIpc) is 2.66. The fourth-order valence-electron chi connectivity index (χ4n) is 2.44. The number of hydrogen-bond acceptors (Lipinski definition) is 2. The van der Waals surface area contributed by atoms with Gasteiger partial charge in [0.15, 0.2) is 0 Å². The normalized spacial score (nSPS) is 21.5. The largest absolute Gasteiger partial charge is 0.318 e. The zero-order valence-corrected chi connectivity index (χ0v) is 10.5. The van der Waals surface area contributed by atoms with Crippen LogP contribution in [0.2, 0.25) is 5.02 Å². The van der Waals surface area contributed by atoms with E-state index < -0.39 is 0 Å². The van der Waals surface area contributed by atoms with Gasteiger partial charge in [-0.15, -0.1) is 0 Å². The van der Waals surface area contributed by atoms with Gasteiger partial charge in [-0.25, -0.2) is 0 Å². The van der Waals surface area contributed by atoms with E-state index in [9.17, 15) is 0 Å². The summed E-state index contributed by atoms with van der Waals surface area (Å²) in [7, 11) is 2.02. The number of nitrogens with one attached hydrogen (secondary N) is 1. The van der Waals surface area contributed by atoms with Crippen molar-refractivity contribution in [3.63, 3.8) is 0 Å². The molecule has 0 amide bonds. The third-order valence-electron chi connectivity index (χ3n) is 3.21. The maximum absolute atomic E-state index is 6.00. The Morgan fingerprint density at radius 3 is 3.12 bits per heavy atom. The highest BCUT2D eigenvalue weighted by atomic mass is 35.5. The van der Waals surface area contributed by atoms with Crippen LogP contribution in [0.5, 0.6) is 0 Å². The lowest BCUT2D eigenvalue weighted by molar-refractivity contribution is 0.242. The molecule has 1 N–H and O–H groups in total. The highest BCUT2D eigenvalue weighted by molar-refractivity contribution is 6.30. The molecule has 2 nitrogen and oxygen atoms in total.